The van der Waals surface area contributed by atoms with Crippen molar-refractivity contribution in [2.45, 2.75) is 13.3 Å². The molecular formula is C18H20O8. The molecule has 0 radical (unpaired) electrons. The number of fused-ring (bicyclic) bond motifs is 1. The van der Waals surface area contributed by atoms with Gasteiger partial charge >= 0.3 is 0 Å². The predicted octanol–water partition coefficient (Wildman–Crippen LogP) is 2.46. The van der Waals surface area contributed by atoms with Crippen molar-refractivity contribution in [1.29, 1.82) is 0 Å². The van der Waals surface area contributed by atoms with Gasteiger partial charge in [0.2, 0.25) is 29.8 Å². The molecule has 0 spiro atoms. The van der Waals surface area contributed by atoms with Crippen LogP contribution >= 0.6 is 0 Å². The van der Waals surface area contributed by atoms with Gasteiger partial charge in [-0.15, -0.1) is 0 Å². The third-order valence-electron chi connectivity index (χ3n) is 4.27. The standard InChI is InChI=1S/C18H20O8/c1-8-5-9(15(23-3)12(20)14(8)22-2)6-10-11(19)17(24-4)13(21)18-16(10)25-7-26-18/h5,19-21H,6-7H2,1-4H3. The van der Waals surface area contributed by atoms with Gasteiger partial charge in [0, 0.05) is 17.5 Å². The van der Waals surface area contributed by atoms with Gasteiger partial charge in [-0.05, 0) is 18.6 Å². The van der Waals surface area contributed by atoms with Gasteiger partial charge in [0.15, 0.2) is 23.0 Å². The van der Waals surface area contributed by atoms with Crippen LogP contribution in [0.3, 0.4) is 0 Å². The molecule has 1 aliphatic heterocycles. The summed E-state index contributed by atoms with van der Waals surface area (Å²) in [5.74, 6) is -0.0127. The zero-order chi connectivity index (χ0) is 19.0. The van der Waals surface area contributed by atoms with E-state index in [2.05, 4.69) is 0 Å². The van der Waals surface area contributed by atoms with Crippen molar-refractivity contribution >= 4 is 0 Å². The first-order valence-corrected chi connectivity index (χ1v) is 7.78. The van der Waals surface area contributed by atoms with Gasteiger partial charge in [-0.3, -0.25) is 0 Å². The highest BCUT2D eigenvalue weighted by molar-refractivity contribution is 5.71. The average Bonchev–Trinajstić information content (AvgIpc) is 3.09. The van der Waals surface area contributed by atoms with Crippen LogP contribution in [0.2, 0.25) is 0 Å². The smallest absolute Gasteiger partial charge is 0.231 e. The molecular weight excluding hydrogens is 344 g/mol. The van der Waals surface area contributed by atoms with E-state index in [9.17, 15) is 15.3 Å². The lowest BCUT2D eigenvalue weighted by atomic mass is 9.98. The van der Waals surface area contributed by atoms with E-state index in [0.29, 0.717) is 22.4 Å². The van der Waals surface area contributed by atoms with E-state index in [1.165, 1.54) is 21.3 Å². The Morgan fingerprint density at radius 2 is 1.46 bits per heavy atom. The third-order valence-corrected chi connectivity index (χ3v) is 4.27. The van der Waals surface area contributed by atoms with Crippen LogP contribution in [-0.2, 0) is 6.42 Å². The zero-order valence-corrected chi connectivity index (χ0v) is 14.9. The van der Waals surface area contributed by atoms with Gasteiger partial charge in [0.05, 0.1) is 21.3 Å². The lowest BCUT2D eigenvalue weighted by Gasteiger charge is -2.18. The molecule has 26 heavy (non-hydrogen) atoms. The molecule has 3 N–H and O–H groups in total. The summed E-state index contributed by atoms with van der Waals surface area (Å²) in [4.78, 5) is 0. The lowest BCUT2D eigenvalue weighted by molar-refractivity contribution is 0.170. The van der Waals surface area contributed by atoms with Crippen molar-refractivity contribution in [1.82, 2.24) is 0 Å². The monoisotopic (exact) mass is 364 g/mol. The molecule has 1 heterocycles. The Morgan fingerprint density at radius 1 is 0.846 bits per heavy atom. The van der Waals surface area contributed by atoms with E-state index in [1.54, 1.807) is 13.0 Å². The lowest BCUT2D eigenvalue weighted by Crippen LogP contribution is -2.01. The summed E-state index contributed by atoms with van der Waals surface area (Å²) in [5.41, 5.74) is 1.62. The Labute approximate surface area is 150 Å². The fraction of sp³-hybridized carbons (Fsp3) is 0.333. The Balaban J connectivity index is 2.18. The van der Waals surface area contributed by atoms with Crippen molar-refractivity contribution < 1.29 is 39.0 Å². The van der Waals surface area contributed by atoms with Crippen LogP contribution in [0.5, 0.6) is 46.0 Å². The van der Waals surface area contributed by atoms with Crippen LogP contribution in [0, 0.1) is 6.92 Å². The maximum absolute atomic E-state index is 10.5. The molecule has 2 aromatic rings. The van der Waals surface area contributed by atoms with E-state index in [-0.39, 0.29) is 53.5 Å². The zero-order valence-electron chi connectivity index (χ0n) is 14.9. The molecule has 0 saturated heterocycles. The predicted molar refractivity (Wildman–Crippen MR) is 91.2 cm³/mol. The van der Waals surface area contributed by atoms with Gasteiger partial charge in [0.25, 0.3) is 0 Å². The molecule has 0 aromatic heterocycles. The molecule has 8 nitrogen and oxygen atoms in total. The highest BCUT2D eigenvalue weighted by Crippen LogP contribution is 2.55. The average molecular weight is 364 g/mol. The first-order chi connectivity index (χ1) is 12.4. The summed E-state index contributed by atoms with van der Waals surface area (Å²) < 4.78 is 26.3. The third kappa shape index (κ3) is 2.54. The second kappa shape index (κ2) is 6.62. The van der Waals surface area contributed by atoms with Gasteiger partial charge < -0.3 is 39.0 Å². The quantitative estimate of drug-likeness (QED) is 0.743. The first kappa shape index (κ1) is 17.7. The molecule has 0 fully saturated rings. The van der Waals surface area contributed by atoms with E-state index in [0.717, 1.165) is 0 Å². The number of phenolic OH excluding ortho intramolecular Hbond substituents is 3. The number of aromatic hydroxyl groups is 3. The Kier molecular flexibility index (Phi) is 4.50. The van der Waals surface area contributed by atoms with Gasteiger partial charge in [0.1, 0.15) is 0 Å². The van der Waals surface area contributed by atoms with Crippen molar-refractivity contribution in [2.24, 2.45) is 0 Å². The SMILES string of the molecule is COc1c(C)cc(Cc2c(O)c(OC)c(O)c3c2OCO3)c(OC)c1O. The van der Waals surface area contributed by atoms with Gasteiger partial charge in [-0.25, -0.2) is 0 Å². The molecule has 140 valence electrons. The number of phenols is 3. The number of hydrogen-bond acceptors (Lipinski definition) is 8. The van der Waals surface area contributed by atoms with Crippen molar-refractivity contribution in [2.75, 3.05) is 28.1 Å². The number of hydrogen-bond donors (Lipinski definition) is 3. The van der Waals surface area contributed by atoms with E-state index < -0.39 is 0 Å². The molecule has 0 bridgehead atoms. The molecule has 0 atom stereocenters. The van der Waals surface area contributed by atoms with Crippen LogP contribution in [0.4, 0.5) is 0 Å². The number of rotatable bonds is 5. The fourth-order valence-electron chi connectivity index (χ4n) is 3.14. The minimum Gasteiger partial charge on any atom is -0.504 e. The second-order valence-corrected chi connectivity index (χ2v) is 5.72. The molecule has 8 heteroatoms. The first-order valence-electron chi connectivity index (χ1n) is 7.78. The van der Waals surface area contributed by atoms with E-state index >= 15 is 0 Å². The molecule has 0 aliphatic carbocycles. The van der Waals surface area contributed by atoms with Crippen LogP contribution in [0.15, 0.2) is 6.07 Å². The van der Waals surface area contributed by atoms with E-state index in [4.69, 9.17) is 23.7 Å². The largest absolute Gasteiger partial charge is 0.504 e. The minimum atomic E-state index is -0.332. The summed E-state index contributed by atoms with van der Waals surface area (Å²) in [7, 11) is 4.20. The van der Waals surface area contributed by atoms with E-state index in [1.807, 2.05) is 0 Å². The topological polar surface area (TPSA) is 107 Å². The number of benzene rings is 2. The van der Waals surface area contributed by atoms with Crippen molar-refractivity contribution in [3.05, 3.63) is 22.8 Å². The fourth-order valence-corrected chi connectivity index (χ4v) is 3.14. The normalized spacial score (nSPS) is 12.2. The number of ether oxygens (including phenoxy) is 5. The number of aryl methyl sites for hydroxylation is 1. The van der Waals surface area contributed by atoms with Crippen LogP contribution < -0.4 is 23.7 Å². The van der Waals surface area contributed by atoms with Crippen LogP contribution in [0.25, 0.3) is 0 Å². The summed E-state index contributed by atoms with van der Waals surface area (Å²) in [6, 6.07) is 1.78. The number of methoxy groups -OCH3 is 3. The van der Waals surface area contributed by atoms with Gasteiger partial charge in [-0.2, -0.15) is 0 Å². The Bertz CT molecular complexity index is 856. The highest BCUT2D eigenvalue weighted by atomic mass is 16.7. The molecule has 2 aromatic carbocycles. The van der Waals surface area contributed by atoms with Crippen molar-refractivity contribution in [3.63, 3.8) is 0 Å². The maximum Gasteiger partial charge on any atom is 0.231 e. The Hall–Kier alpha value is -3.16. The second-order valence-electron chi connectivity index (χ2n) is 5.72. The summed E-state index contributed by atoms with van der Waals surface area (Å²) >= 11 is 0. The summed E-state index contributed by atoms with van der Waals surface area (Å²) in [6.45, 7) is 1.69. The molecule has 1 aliphatic rings. The van der Waals surface area contributed by atoms with Gasteiger partial charge in [-0.1, -0.05) is 0 Å². The maximum atomic E-state index is 10.5. The molecule has 0 unspecified atom stereocenters. The van der Waals surface area contributed by atoms with Crippen LogP contribution in [-0.4, -0.2) is 43.4 Å². The molecule has 0 saturated carbocycles. The molecule has 3 rings (SSSR count). The van der Waals surface area contributed by atoms with Crippen molar-refractivity contribution in [3.8, 4) is 46.0 Å². The summed E-state index contributed by atoms with van der Waals surface area (Å²) in [5, 5.41) is 31.1. The Morgan fingerprint density at radius 3 is 2.08 bits per heavy atom. The highest BCUT2D eigenvalue weighted by Gasteiger charge is 2.31. The van der Waals surface area contributed by atoms with Crippen LogP contribution in [0.1, 0.15) is 16.7 Å². The minimum absolute atomic E-state index is 0.0907. The summed E-state index contributed by atoms with van der Waals surface area (Å²) in [6.07, 6.45) is 0.135. The molecule has 0 amide bonds.